The maximum atomic E-state index is 12.3. The molecule has 108 valence electrons. The number of carbonyl (C=O) groups is 1. The van der Waals surface area contributed by atoms with Crippen molar-refractivity contribution in [1.29, 1.82) is 0 Å². The fourth-order valence-electron chi connectivity index (χ4n) is 2.16. The molecule has 0 atom stereocenters. The molecule has 0 unspecified atom stereocenters. The van der Waals surface area contributed by atoms with E-state index in [0.29, 0.717) is 18.7 Å². The smallest absolute Gasteiger partial charge is 0.228 e. The van der Waals surface area contributed by atoms with Crippen LogP contribution in [0.25, 0.3) is 10.1 Å². The third kappa shape index (κ3) is 2.80. The van der Waals surface area contributed by atoms with Crippen molar-refractivity contribution in [3.63, 3.8) is 0 Å². The molecular formula is C15H15N3O2S. The van der Waals surface area contributed by atoms with Crippen LogP contribution in [0, 0.1) is 6.92 Å². The highest BCUT2D eigenvalue weighted by Crippen LogP contribution is 2.28. The zero-order valence-electron chi connectivity index (χ0n) is 11.9. The molecule has 0 aliphatic rings. The van der Waals surface area contributed by atoms with Gasteiger partial charge in [0, 0.05) is 31.3 Å². The van der Waals surface area contributed by atoms with Gasteiger partial charge in [0.15, 0.2) is 5.82 Å². The second-order valence-corrected chi connectivity index (χ2v) is 5.69. The van der Waals surface area contributed by atoms with Crippen LogP contribution in [-0.2, 0) is 11.2 Å². The number of amides is 1. The summed E-state index contributed by atoms with van der Waals surface area (Å²) in [6.45, 7) is 1.86. The lowest BCUT2D eigenvalue weighted by Gasteiger charge is -2.14. The van der Waals surface area contributed by atoms with E-state index in [1.807, 2.05) is 37.3 Å². The number of hydrogen-bond donors (Lipinski definition) is 0. The molecule has 6 heteroatoms. The van der Waals surface area contributed by atoms with Gasteiger partial charge >= 0.3 is 0 Å². The van der Waals surface area contributed by atoms with E-state index in [-0.39, 0.29) is 5.91 Å². The number of anilines is 1. The van der Waals surface area contributed by atoms with Crippen LogP contribution in [0.3, 0.4) is 0 Å². The van der Waals surface area contributed by atoms with Crippen molar-refractivity contribution < 1.29 is 9.32 Å². The largest absolute Gasteiger partial charge is 0.361 e. The van der Waals surface area contributed by atoms with Crippen LogP contribution >= 0.6 is 11.5 Å². The molecule has 0 fully saturated rings. The average Bonchev–Trinajstić information content (AvgIpc) is 3.10. The van der Waals surface area contributed by atoms with E-state index in [0.717, 1.165) is 21.5 Å². The molecular weight excluding hydrogens is 286 g/mol. The number of benzene rings is 1. The molecule has 0 aliphatic carbocycles. The summed E-state index contributed by atoms with van der Waals surface area (Å²) in [5.74, 6) is 1.46. The number of hydrogen-bond acceptors (Lipinski definition) is 5. The second-order valence-electron chi connectivity index (χ2n) is 4.89. The number of nitrogens with zero attached hydrogens (tertiary/aromatic N) is 3. The van der Waals surface area contributed by atoms with Crippen LogP contribution in [0.4, 0.5) is 5.82 Å². The number of rotatable bonds is 4. The Balaban J connectivity index is 1.72. The van der Waals surface area contributed by atoms with Crippen molar-refractivity contribution in [3.8, 4) is 0 Å². The van der Waals surface area contributed by atoms with Gasteiger partial charge in [0.25, 0.3) is 0 Å². The molecule has 0 saturated carbocycles. The van der Waals surface area contributed by atoms with Gasteiger partial charge in [-0.1, -0.05) is 17.3 Å². The van der Waals surface area contributed by atoms with Crippen LogP contribution in [0.2, 0.25) is 0 Å². The lowest BCUT2D eigenvalue weighted by Crippen LogP contribution is -2.26. The standard InChI is InChI=1S/C15H15N3O2S/c1-10-9-11(20-16-10)7-8-14(19)18(2)15-12-5-3-4-6-13(12)21-17-15/h3-6,9H,7-8H2,1-2H3. The van der Waals surface area contributed by atoms with Gasteiger partial charge in [-0.25, -0.2) is 0 Å². The summed E-state index contributed by atoms with van der Waals surface area (Å²) in [6, 6.07) is 9.77. The molecule has 2 heterocycles. The quantitative estimate of drug-likeness (QED) is 0.742. The molecule has 2 aromatic heterocycles. The monoisotopic (exact) mass is 301 g/mol. The number of fused-ring (bicyclic) bond motifs is 1. The molecule has 21 heavy (non-hydrogen) atoms. The molecule has 0 aliphatic heterocycles. The van der Waals surface area contributed by atoms with E-state index in [2.05, 4.69) is 9.53 Å². The first-order valence-corrected chi connectivity index (χ1v) is 7.45. The van der Waals surface area contributed by atoms with Gasteiger partial charge < -0.3 is 4.52 Å². The van der Waals surface area contributed by atoms with Crippen LogP contribution in [-0.4, -0.2) is 22.5 Å². The van der Waals surface area contributed by atoms with Gasteiger partial charge in [0.2, 0.25) is 5.91 Å². The minimum absolute atomic E-state index is 0.0140. The van der Waals surface area contributed by atoms with Gasteiger partial charge in [-0.2, -0.15) is 4.37 Å². The topological polar surface area (TPSA) is 59.2 Å². The van der Waals surface area contributed by atoms with Crippen molar-refractivity contribution in [2.45, 2.75) is 19.8 Å². The maximum Gasteiger partial charge on any atom is 0.228 e. The molecule has 1 amide bonds. The fourth-order valence-corrected chi connectivity index (χ4v) is 2.97. The normalized spacial score (nSPS) is 11.0. The summed E-state index contributed by atoms with van der Waals surface area (Å²) in [5.41, 5.74) is 0.830. The van der Waals surface area contributed by atoms with E-state index >= 15 is 0 Å². The predicted octanol–water partition coefficient (Wildman–Crippen LogP) is 3.19. The van der Waals surface area contributed by atoms with Crippen LogP contribution < -0.4 is 4.90 Å². The van der Waals surface area contributed by atoms with Crippen LogP contribution in [0.15, 0.2) is 34.9 Å². The molecule has 0 radical (unpaired) electrons. The lowest BCUT2D eigenvalue weighted by molar-refractivity contribution is -0.118. The molecule has 3 rings (SSSR count). The summed E-state index contributed by atoms with van der Waals surface area (Å²) in [6.07, 6.45) is 0.920. The minimum Gasteiger partial charge on any atom is -0.361 e. The predicted molar refractivity (Wildman–Crippen MR) is 82.6 cm³/mol. The highest BCUT2D eigenvalue weighted by Gasteiger charge is 2.17. The van der Waals surface area contributed by atoms with Crippen LogP contribution in [0.1, 0.15) is 17.9 Å². The first-order chi connectivity index (χ1) is 10.1. The molecule has 5 nitrogen and oxygen atoms in total. The van der Waals surface area contributed by atoms with Crippen molar-refractivity contribution in [2.24, 2.45) is 0 Å². The Hall–Kier alpha value is -2.21. The summed E-state index contributed by atoms with van der Waals surface area (Å²) in [5, 5.41) is 4.83. The first kappa shape index (κ1) is 13.8. The highest BCUT2D eigenvalue weighted by molar-refractivity contribution is 7.13. The van der Waals surface area contributed by atoms with E-state index in [9.17, 15) is 4.79 Å². The Labute approximate surface area is 126 Å². The third-order valence-corrected chi connectivity index (χ3v) is 4.13. The lowest BCUT2D eigenvalue weighted by atomic mass is 10.2. The first-order valence-electron chi connectivity index (χ1n) is 6.68. The molecule has 1 aromatic carbocycles. The van der Waals surface area contributed by atoms with Crippen LogP contribution in [0.5, 0.6) is 0 Å². The van der Waals surface area contributed by atoms with E-state index in [1.165, 1.54) is 11.5 Å². The Morgan fingerprint density at radius 2 is 2.19 bits per heavy atom. The van der Waals surface area contributed by atoms with Crippen molar-refractivity contribution in [3.05, 3.63) is 41.8 Å². The van der Waals surface area contributed by atoms with Gasteiger partial charge in [0.1, 0.15) is 5.76 Å². The molecule has 0 bridgehead atoms. The number of aromatic nitrogens is 2. The minimum atomic E-state index is 0.0140. The zero-order chi connectivity index (χ0) is 14.8. The molecule has 0 spiro atoms. The van der Waals surface area contributed by atoms with Gasteiger partial charge in [0.05, 0.1) is 10.4 Å². The Morgan fingerprint density at radius 1 is 1.38 bits per heavy atom. The Morgan fingerprint density at radius 3 is 2.95 bits per heavy atom. The Bertz CT molecular complexity index is 778. The third-order valence-electron chi connectivity index (χ3n) is 3.31. The fraction of sp³-hybridized carbons (Fsp3) is 0.267. The van der Waals surface area contributed by atoms with Gasteiger partial charge in [-0.15, -0.1) is 0 Å². The Kier molecular flexibility index (Phi) is 3.70. The van der Waals surface area contributed by atoms with Gasteiger partial charge in [-0.05, 0) is 30.6 Å². The van der Waals surface area contributed by atoms with Crippen molar-refractivity contribution >= 4 is 33.3 Å². The van der Waals surface area contributed by atoms with E-state index in [1.54, 1.807) is 11.9 Å². The second kappa shape index (κ2) is 5.65. The molecule has 3 aromatic rings. The average molecular weight is 301 g/mol. The maximum absolute atomic E-state index is 12.3. The molecule has 0 saturated heterocycles. The number of aryl methyl sites for hydroxylation is 2. The molecule has 0 N–H and O–H groups in total. The van der Waals surface area contributed by atoms with E-state index < -0.39 is 0 Å². The van der Waals surface area contributed by atoms with Gasteiger partial charge in [-0.3, -0.25) is 9.69 Å². The number of carbonyl (C=O) groups excluding carboxylic acids is 1. The summed E-state index contributed by atoms with van der Waals surface area (Å²) in [7, 11) is 1.76. The van der Waals surface area contributed by atoms with Crippen molar-refractivity contribution in [1.82, 2.24) is 9.53 Å². The summed E-state index contributed by atoms with van der Waals surface area (Å²) >= 11 is 1.41. The van der Waals surface area contributed by atoms with Crippen molar-refractivity contribution in [2.75, 3.05) is 11.9 Å². The summed E-state index contributed by atoms with van der Waals surface area (Å²) < 4.78 is 10.6. The zero-order valence-corrected chi connectivity index (χ0v) is 12.7. The van der Waals surface area contributed by atoms with E-state index in [4.69, 9.17) is 4.52 Å². The summed E-state index contributed by atoms with van der Waals surface area (Å²) in [4.78, 5) is 13.9. The SMILES string of the molecule is Cc1cc(CCC(=O)N(C)c2nsc3ccccc23)on1. The highest BCUT2D eigenvalue weighted by atomic mass is 32.1.